The van der Waals surface area contributed by atoms with E-state index in [2.05, 4.69) is 5.32 Å². The summed E-state index contributed by atoms with van der Waals surface area (Å²) in [4.78, 5) is 32.3. The van der Waals surface area contributed by atoms with Gasteiger partial charge in [0.15, 0.2) is 0 Å². The SMILES string of the molecule is CC(CN)C(=O)NC(CCC(=O)O)C(=O)O. The van der Waals surface area contributed by atoms with Crippen LogP contribution >= 0.6 is 0 Å². The van der Waals surface area contributed by atoms with Crippen molar-refractivity contribution in [1.82, 2.24) is 5.32 Å². The third-order valence-corrected chi connectivity index (χ3v) is 2.06. The maximum atomic E-state index is 11.3. The summed E-state index contributed by atoms with van der Waals surface area (Å²) in [7, 11) is 0. The lowest BCUT2D eigenvalue weighted by atomic mass is 10.1. The Morgan fingerprint density at radius 2 is 1.88 bits per heavy atom. The topological polar surface area (TPSA) is 130 Å². The fourth-order valence-electron chi connectivity index (χ4n) is 0.946. The first-order valence-electron chi connectivity index (χ1n) is 4.83. The second-order valence-electron chi connectivity index (χ2n) is 3.47. The number of hydrogen-bond donors (Lipinski definition) is 4. The lowest BCUT2D eigenvalue weighted by Gasteiger charge is -2.16. The van der Waals surface area contributed by atoms with Crippen molar-refractivity contribution in [3.8, 4) is 0 Å². The molecule has 0 spiro atoms. The standard InChI is InChI=1S/C9H16N2O5/c1-5(4-10)8(14)11-6(9(15)16)2-3-7(12)13/h5-6H,2-4,10H2,1H3,(H,11,14)(H,12,13)(H,15,16). The predicted molar refractivity (Wildman–Crippen MR) is 54.7 cm³/mol. The highest BCUT2D eigenvalue weighted by Gasteiger charge is 2.22. The van der Waals surface area contributed by atoms with Gasteiger partial charge in [-0.2, -0.15) is 0 Å². The zero-order chi connectivity index (χ0) is 12.7. The van der Waals surface area contributed by atoms with Crippen LogP contribution in [0.2, 0.25) is 0 Å². The molecule has 0 rings (SSSR count). The minimum absolute atomic E-state index is 0.108. The van der Waals surface area contributed by atoms with E-state index in [1.54, 1.807) is 6.92 Å². The van der Waals surface area contributed by atoms with Crippen LogP contribution < -0.4 is 11.1 Å². The fraction of sp³-hybridized carbons (Fsp3) is 0.667. The van der Waals surface area contributed by atoms with E-state index < -0.39 is 29.8 Å². The van der Waals surface area contributed by atoms with E-state index in [-0.39, 0.29) is 19.4 Å². The molecular formula is C9H16N2O5. The van der Waals surface area contributed by atoms with Crippen molar-refractivity contribution >= 4 is 17.8 Å². The highest BCUT2D eigenvalue weighted by atomic mass is 16.4. The summed E-state index contributed by atoms with van der Waals surface area (Å²) < 4.78 is 0. The van der Waals surface area contributed by atoms with Crippen LogP contribution in [0.3, 0.4) is 0 Å². The fourth-order valence-corrected chi connectivity index (χ4v) is 0.946. The van der Waals surface area contributed by atoms with E-state index in [4.69, 9.17) is 15.9 Å². The van der Waals surface area contributed by atoms with E-state index in [1.807, 2.05) is 0 Å². The molecule has 0 heterocycles. The van der Waals surface area contributed by atoms with Gasteiger partial charge in [0, 0.05) is 18.9 Å². The first-order valence-corrected chi connectivity index (χ1v) is 4.83. The molecule has 0 aromatic carbocycles. The van der Waals surface area contributed by atoms with Crippen molar-refractivity contribution in [1.29, 1.82) is 0 Å². The van der Waals surface area contributed by atoms with Gasteiger partial charge in [-0.05, 0) is 6.42 Å². The Bertz CT molecular complexity index is 279. The summed E-state index contributed by atoms with van der Waals surface area (Å²) >= 11 is 0. The average molecular weight is 232 g/mol. The van der Waals surface area contributed by atoms with Gasteiger partial charge in [0.05, 0.1) is 0 Å². The third-order valence-electron chi connectivity index (χ3n) is 2.06. The highest BCUT2D eigenvalue weighted by molar-refractivity contribution is 5.85. The molecule has 0 aliphatic heterocycles. The molecule has 0 aliphatic carbocycles. The molecule has 7 nitrogen and oxygen atoms in total. The zero-order valence-corrected chi connectivity index (χ0v) is 8.97. The van der Waals surface area contributed by atoms with Crippen molar-refractivity contribution < 1.29 is 24.6 Å². The van der Waals surface area contributed by atoms with Crippen LogP contribution in [0, 0.1) is 5.92 Å². The molecule has 0 aliphatic rings. The molecule has 1 amide bonds. The smallest absolute Gasteiger partial charge is 0.326 e. The molecule has 0 bridgehead atoms. The molecule has 92 valence electrons. The normalized spacial score (nSPS) is 13.9. The van der Waals surface area contributed by atoms with Gasteiger partial charge < -0.3 is 21.3 Å². The lowest BCUT2D eigenvalue weighted by molar-refractivity contribution is -0.143. The van der Waals surface area contributed by atoms with Gasteiger partial charge in [-0.3, -0.25) is 9.59 Å². The monoisotopic (exact) mass is 232 g/mol. The number of carboxylic acid groups (broad SMARTS) is 2. The number of carbonyl (C=O) groups excluding carboxylic acids is 1. The summed E-state index contributed by atoms with van der Waals surface area (Å²) in [6.45, 7) is 1.67. The van der Waals surface area contributed by atoms with E-state index in [1.165, 1.54) is 0 Å². The predicted octanol–water partition coefficient (Wildman–Crippen LogP) is -0.985. The minimum atomic E-state index is -1.25. The van der Waals surface area contributed by atoms with Crippen molar-refractivity contribution in [3.63, 3.8) is 0 Å². The largest absolute Gasteiger partial charge is 0.481 e. The molecule has 0 saturated heterocycles. The van der Waals surface area contributed by atoms with Gasteiger partial charge >= 0.3 is 11.9 Å². The number of hydrogen-bond acceptors (Lipinski definition) is 4. The van der Waals surface area contributed by atoms with E-state index in [0.717, 1.165) is 0 Å². The van der Waals surface area contributed by atoms with Gasteiger partial charge in [0.25, 0.3) is 0 Å². The maximum absolute atomic E-state index is 11.3. The molecular weight excluding hydrogens is 216 g/mol. The Labute approximate surface area is 92.6 Å². The van der Waals surface area contributed by atoms with Gasteiger partial charge in [0.2, 0.25) is 5.91 Å². The van der Waals surface area contributed by atoms with E-state index >= 15 is 0 Å². The molecule has 2 unspecified atom stereocenters. The maximum Gasteiger partial charge on any atom is 0.326 e. The molecule has 16 heavy (non-hydrogen) atoms. The summed E-state index contributed by atoms with van der Waals surface area (Å²) in [5, 5.41) is 19.4. The first-order chi connectivity index (χ1) is 7.38. The quantitative estimate of drug-likeness (QED) is 0.446. The minimum Gasteiger partial charge on any atom is -0.481 e. The number of aliphatic carboxylic acids is 2. The number of carboxylic acids is 2. The number of rotatable bonds is 7. The van der Waals surface area contributed by atoms with Crippen LogP contribution in [0.5, 0.6) is 0 Å². The Hall–Kier alpha value is -1.63. The molecule has 5 N–H and O–H groups in total. The molecule has 0 aromatic heterocycles. The summed E-state index contributed by atoms with van der Waals surface area (Å²) in [5.41, 5.74) is 5.24. The van der Waals surface area contributed by atoms with Crippen LogP contribution in [0.25, 0.3) is 0 Å². The molecule has 0 saturated carbocycles. The van der Waals surface area contributed by atoms with Gasteiger partial charge in [-0.1, -0.05) is 6.92 Å². The second kappa shape index (κ2) is 6.78. The Kier molecular flexibility index (Phi) is 6.09. The number of amides is 1. The van der Waals surface area contributed by atoms with Crippen LogP contribution in [-0.4, -0.2) is 40.6 Å². The second-order valence-corrected chi connectivity index (χ2v) is 3.47. The summed E-state index contributed by atoms with van der Waals surface area (Å²) in [5.74, 6) is -3.34. The summed E-state index contributed by atoms with van der Waals surface area (Å²) in [6.07, 6.45) is -0.456. The average Bonchev–Trinajstić information content (AvgIpc) is 2.21. The molecule has 0 aromatic rings. The van der Waals surface area contributed by atoms with E-state index in [0.29, 0.717) is 0 Å². The number of nitrogens with two attached hydrogens (primary N) is 1. The van der Waals surface area contributed by atoms with Crippen molar-refractivity contribution in [2.45, 2.75) is 25.8 Å². The summed E-state index contributed by atoms with van der Waals surface area (Å²) in [6, 6.07) is -1.18. The van der Waals surface area contributed by atoms with Gasteiger partial charge in [-0.25, -0.2) is 4.79 Å². The Balaban J connectivity index is 4.28. The van der Waals surface area contributed by atoms with Crippen LogP contribution in [0.4, 0.5) is 0 Å². The lowest BCUT2D eigenvalue weighted by Crippen LogP contribution is -2.44. The van der Waals surface area contributed by atoms with E-state index in [9.17, 15) is 14.4 Å². The Morgan fingerprint density at radius 1 is 1.31 bits per heavy atom. The van der Waals surface area contributed by atoms with Crippen LogP contribution in [0.1, 0.15) is 19.8 Å². The van der Waals surface area contributed by atoms with Crippen LogP contribution in [0.15, 0.2) is 0 Å². The zero-order valence-electron chi connectivity index (χ0n) is 8.97. The van der Waals surface area contributed by atoms with Gasteiger partial charge in [0.1, 0.15) is 6.04 Å². The first kappa shape index (κ1) is 14.4. The van der Waals surface area contributed by atoms with Crippen molar-refractivity contribution in [2.24, 2.45) is 11.7 Å². The Morgan fingerprint density at radius 3 is 2.25 bits per heavy atom. The molecule has 2 atom stereocenters. The molecule has 0 fully saturated rings. The number of nitrogens with one attached hydrogen (secondary N) is 1. The van der Waals surface area contributed by atoms with Crippen molar-refractivity contribution in [3.05, 3.63) is 0 Å². The van der Waals surface area contributed by atoms with Crippen molar-refractivity contribution in [2.75, 3.05) is 6.54 Å². The third kappa shape index (κ3) is 5.30. The molecule has 7 heteroatoms. The molecule has 0 radical (unpaired) electrons. The van der Waals surface area contributed by atoms with Crippen LogP contribution in [-0.2, 0) is 14.4 Å². The van der Waals surface area contributed by atoms with Gasteiger partial charge in [-0.15, -0.1) is 0 Å². The highest BCUT2D eigenvalue weighted by Crippen LogP contribution is 2.00. The number of carbonyl (C=O) groups is 3.